The molecule has 5 heteroatoms. The van der Waals surface area contributed by atoms with Gasteiger partial charge in [0.1, 0.15) is 10.4 Å². The number of fused-ring (bicyclic) bond motifs is 1. The summed E-state index contributed by atoms with van der Waals surface area (Å²) in [5.74, 6) is 0.313. The number of benzene rings is 1. The van der Waals surface area contributed by atoms with Gasteiger partial charge in [0.2, 0.25) is 0 Å². The van der Waals surface area contributed by atoms with Crippen LogP contribution in [0.4, 0.5) is 10.6 Å². The van der Waals surface area contributed by atoms with Crippen molar-refractivity contribution in [1.82, 2.24) is 4.98 Å². The number of nitrogens with one attached hydrogen (secondary N) is 1. The summed E-state index contributed by atoms with van der Waals surface area (Å²) in [6, 6.07) is 9.29. The van der Waals surface area contributed by atoms with Gasteiger partial charge >= 0.3 is 6.09 Å². The van der Waals surface area contributed by atoms with Gasteiger partial charge in [-0.2, -0.15) is 0 Å². The van der Waals surface area contributed by atoms with Crippen LogP contribution in [0, 0.1) is 0 Å². The third-order valence-corrected chi connectivity index (χ3v) is 2.53. The standard InChI is InChI=1S/C10H7BrN2O2/c11-9-7-4-2-1-3-6(7)5-8(12-9)13-10(14)15/h1-5H,(H,12,13)(H,14,15). The summed E-state index contributed by atoms with van der Waals surface area (Å²) in [4.78, 5) is 14.5. The first-order valence-corrected chi connectivity index (χ1v) is 5.01. The topological polar surface area (TPSA) is 62.2 Å². The molecule has 15 heavy (non-hydrogen) atoms. The van der Waals surface area contributed by atoms with Crippen molar-refractivity contribution in [3.8, 4) is 0 Å². The second kappa shape index (κ2) is 3.86. The van der Waals surface area contributed by atoms with Crippen LogP contribution in [0.25, 0.3) is 10.8 Å². The molecular formula is C10H7BrN2O2. The minimum Gasteiger partial charge on any atom is -0.465 e. The number of hydrogen-bond acceptors (Lipinski definition) is 2. The quantitative estimate of drug-likeness (QED) is 0.780. The molecule has 2 N–H and O–H groups in total. The maximum Gasteiger partial charge on any atom is 0.410 e. The number of anilines is 1. The lowest BCUT2D eigenvalue weighted by Gasteiger charge is -2.04. The van der Waals surface area contributed by atoms with Crippen LogP contribution in [-0.2, 0) is 0 Å². The minimum absolute atomic E-state index is 0.313. The van der Waals surface area contributed by atoms with Crippen molar-refractivity contribution in [2.24, 2.45) is 0 Å². The maximum absolute atomic E-state index is 10.4. The van der Waals surface area contributed by atoms with Crippen LogP contribution in [0.1, 0.15) is 0 Å². The number of carbonyl (C=O) groups is 1. The highest BCUT2D eigenvalue weighted by Gasteiger charge is 2.04. The molecule has 0 aliphatic heterocycles. The zero-order chi connectivity index (χ0) is 10.8. The van der Waals surface area contributed by atoms with E-state index in [1.54, 1.807) is 6.07 Å². The largest absolute Gasteiger partial charge is 0.465 e. The van der Waals surface area contributed by atoms with Crippen LogP contribution in [0.3, 0.4) is 0 Å². The van der Waals surface area contributed by atoms with Crippen molar-refractivity contribution < 1.29 is 9.90 Å². The number of aromatic nitrogens is 1. The number of hydrogen-bond donors (Lipinski definition) is 2. The Balaban J connectivity index is 2.57. The van der Waals surface area contributed by atoms with Crippen molar-refractivity contribution in [1.29, 1.82) is 0 Å². The van der Waals surface area contributed by atoms with Crippen molar-refractivity contribution in [2.45, 2.75) is 0 Å². The predicted molar refractivity (Wildman–Crippen MR) is 61.1 cm³/mol. The molecule has 0 aliphatic carbocycles. The molecule has 1 aromatic carbocycles. The van der Waals surface area contributed by atoms with Gasteiger partial charge < -0.3 is 5.11 Å². The molecule has 0 saturated heterocycles. The lowest BCUT2D eigenvalue weighted by molar-refractivity contribution is 0.209. The van der Waals surface area contributed by atoms with Crippen molar-refractivity contribution in [3.05, 3.63) is 34.9 Å². The zero-order valence-electron chi connectivity index (χ0n) is 7.57. The van der Waals surface area contributed by atoms with Gasteiger partial charge in [-0.3, -0.25) is 5.32 Å². The summed E-state index contributed by atoms with van der Waals surface area (Å²) < 4.78 is 0.629. The molecule has 4 nitrogen and oxygen atoms in total. The average Bonchev–Trinajstić information content (AvgIpc) is 2.16. The number of halogens is 1. The van der Waals surface area contributed by atoms with E-state index in [9.17, 15) is 4.79 Å². The van der Waals surface area contributed by atoms with Crippen LogP contribution in [0.2, 0.25) is 0 Å². The van der Waals surface area contributed by atoms with Crippen LogP contribution in [-0.4, -0.2) is 16.2 Å². The Hall–Kier alpha value is -1.62. The van der Waals surface area contributed by atoms with E-state index in [-0.39, 0.29) is 0 Å². The lowest BCUT2D eigenvalue weighted by Crippen LogP contribution is -2.08. The van der Waals surface area contributed by atoms with E-state index in [1.807, 2.05) is 24.3 Å². The van der Waals surface area contributed by atoms with Gasteiger partial charge in [-0.15, -0.1) is 0 Å². The summed E-state index contributed by atoms with van der Waals surface area (Å²) in [7, 11) is 0. The Morgan fingerprint density at radius 1 is 1.40 bits per heavy atom. The predicted octanol–water partition coefficient (Wildman–Crippen LogP) is 3.09. The third kappa shape index (κ3) is 2.07. The van der Waals surface area contributed by atoms with Crippen molar-refractivity contribution in [2.75, 3.05) is 5.32 Å². The lowest BCUT2D eigenvalue weighted by atomic mass is 10.2. The Morgan fingerprint density at radius 3 is 2.87 bits per heavy atom. The van der Waals surface area contributed by atoms with Crippen LogP contribution in [0.5, 0.6) is 0 Å². The summed E-state index contributed by atoms with van der Waals surface area (Å²) >= 11 is 3.29. The first-order chi connectivity index (χ1) is 7.16. The van der Waals surface area contributed by atoms with Crippen LogP contribution < -0.4 is 5.32 Å². The third-order valence-electron chi connectivity index (χ3n) is 1.93. The van der Waals surface area contributed by atoms with Gasteiger partial charge in [0.05, 0.1) is 0 Å². The van der Waals surface area contributed by atoms with E-state index in [2.05, 4.69) is 26.2 Å². The molecule has 0 unspecified atom stereocenters. The van der Waals surface area contributed by atoms with E-state index >= 15 is 0 Å². The molecule has 0 saturated carbocycles. The molecule has 0 aliphatic rings. The average molecular weight is 267 g/mol. The van der Waals surface area contributed by atoms with Crippen molar-refractivity contribution >= 4 is 38.6 Å². The summed E-state index contributed by atoms with van der Waals surface area (Å²) in [6.45, 7) is 0. The Labute approximate surface area is 94.1 Å². The molecule has 1 aromatic heterocycles. The fourth-order valence-electron chi connectivity index (χ4n) is 1.33. The Kier molecular flexibility index (Phi) is 2.55. The monoisotopic (exact) mass is 266 g/mol. The molecule has 0 fully saturated rings. The summed E-state index contributed by atoms with van der Waals surface area (Å²) in [5.41, 5.74) is 0. The Morgan fingerprint density at radius 2 is 2.13 bits per heavy atom. The minimum atomic E-state index is -1.12. The van der Waals surface area contributed by atoms with Crippen LogP contribution in [0.15, 0.2) is 34.9 Å². The second-order valence-electron chi connectivity index (χ2n) is 2.95. The fourth-order valence-corrected chi connectivity index (χ4v) is 1.88. The smallest absolute Gasteiger partial charge is 0.410 e. The highest BCUT2D eigenvalue weighted by Crippen LogP contribution is 2.24. The van der Waals surface area contributed by atoms with E-state index in [4.69, 9.17) is 5.11 Å². The molecule has 2 rings (SSSR count). The van der Waals surface area contributed by atoms with Crippen molar-refractivity contribution in [3.63, 3.8) is 0 Å². The maximum atomic E-state index is 10.4. The molecule has 2 aromatic rings. The summed E-state index contributed by atoms with van der Waals surface area (Å²) in [5, 5.41) is 12.7. The first kappa shape index (κ1) is 9.92. The molecule has 1 amide bonds. The molecule has 0 spiro atoms. The number of amides is 1. The van der Waals surface area contributed by atoms with Gasteiger partial charge in [-0.1, -0.05) is 24.3 Å². The molecule has 0 radical (unpaired) electrons. The highest BCUT2D eigenvalue weighted by molar-refractivity contribution is 9.10. The normalized spacial score (nSPS) is 10.2. The Bertz CT molecular complexity index is 528. The molecule has 1 heterocycles. The van der Waals surface area contributed by atoms with E-state index in [1.165, 1.54) is 0 Å². The fraction of sp³-hybridized carbons (Fsp3) is 0. The highest BCUT2D eigenvalue weighted by atomic mass is 79.9. The second-order valence-corrected chi connectivity index (χ2v) is 3.70. The van der Waals surface area contributed by atoms with E-state index < -0.39 is 6.09 Å². The SMILES string of the molecule is O=C(O)Nc1cc2ccccc2c(Br)n1. The molecule has 76 valence electrons. The number of carboxylic acid groups (broad SMARTS) is 1. The zero-order valence-corrected chi connectivity index (χ0v) is 9.15. The number of rotatable bonds is 1. The molecule has 0 bridgehead atoms. The van der Waals surface area contributed by atoms with Gasteiger partial charge in [0.25, 0.3) is 0 Å². The number of nitrogens with zero attached hydrogens (tertiary/aromatic N) is 1. The van der Waals surface area contributed by atoms with Gasteiger partial charge in [0.15, 0.2) is 0 Å². The van der Waals surface area contributed by atoms with E-state index in [0.717, 1.165) is 10.8 Å². The molecular weight excluding hydrogens is 260 g/mol. The van der Waals surface area contributed by atoms with Gasteiger partial charge in [-0.25, -0.2) is 9.78 Å². The van der Waals surface area contributed by atoms with Gasteiger partial charge in [-0.05, 0) is 27.4 Å². The number of pyridine rings is 1. The molecule has 0 atom stereocenters. The summed E-state index contributed by atoms with van der Waals surface area (Å²) in [6.07, 6.45) is -1.12. The van der Waals surface area contributed by atoms with Crippen LogP contribution >= 0.6 is 15.9 Å². The van der Waals surface area contributed by atoms with Gasteiger partial charge in [0, 0.05) is 5.39 Å². The first-order valence-electron chi connectivity index (χ1n) is 4.22. The van der Waals surface area contributed by atoms with E-state index in [0.29, 0.717) is 10.4 Å².